The van der Waals surface area contributed by atoms with Gasteiger partial charge in [-0.1, -0.05) is 30.3 Å². The second-order valence-corrected chi connectivity index (χ2v) is 6.49. The van der Waals surface area contributed by atoms with Crippen molar-refractivity contribution in [3.63, 3.8) is 0 Å². The molecule has 0 heterocycles. The molecule has 0 bridgehead atoms. The molecule has 2 aromatic carbocycles. The Morgan fingerprint density at radius 3 is 2.48 bits per heavy atom. The van der Waals surface area contributed by atoms with Crippen LogP contribution in [0.25, 0.3) is 0 Å². The van der Waals surface area contributed by atoms with Crippen molar-refractivity contribution >= 4 is 23.4 Å². The van der Waals surface area contributed by atoms with E-state index in [1.165, 1.54) is 5.56 Å². The van der Waals surface area contributed by atoms with E-state index in [0.717, 1.165) is 11.3 Å². The molecule has 0 saturated heterocycles. The Morgan fingerprint density at radius 1 is 1.17 bits per heavy atom. The molecule has 0 radical (unpaired) electrons. The molecule has 1 amide bonds. The van der Waals surface area contributed by atoms with Crippen LogP contribution in [0.5, 0.6) is 5.75 Å². The number of phenols is 1. The summed E-state index contributed by atoms with van der Waals surface area (Å²) in [5.74, 6) is 0.872. The van der Waals surface area contributed by atoms with E-state index < -0.39 is 0 Å². The second-order valence-electron chi connectivity index (χ2n) is 5.16. The molecule has 23 heavy (non-hydrogen) atoms. The smallest absolute Gasteiger partial charge is 0.252 e. The molecule has 4 nitrogen and oxygen atoms in total. The molecule has 2 rings (SSSR count). The minimum Gasteiger partial charge on any atom is -0.508 e. The third-order valence-corrected chi connectivity index (χ3v) is 4.55. The molecular formula is C18H20N2O2S. The van der Waals surface area contributed by atoms with Gasteiger partial charge in [-0.15, -0.1) is 11.8 Å². The Hall–Kier alpha value is -2.27. The van der Waals surface area contributed by atoms with E-state index in [9.17, 15) is 9.90 Å². The average molecular weight is 328 g/mol. The number of hydrazone groups is 1. The SMILES string of the molecule is C/C(=N/NC(=O)[C@H](C)SCc1ccccc1)c1ccc(O)cc1. The average Bonchev–Trinajstić information content (AvgIpc) is 2.58. The largest absolute Gasteiger partial charge is 0.508 e. The highest BCUT2D eigenvalue weighted by molar-refractivity contribution is 7.99. The number of benzene rings is 2. The van der Waals surface area contributed by atoms with Crippen LogP contribution in [0.15, 0.2) is 59.7 Å². The molecule has 0 aliphatic carbocycles. The maximum absolute atomic E-state index is 12.1. The minimum absolute atomic E-state index is 0.121. The van der Waals surface area contributed by atoms with Crippen LogP contribution < -0.4 is 5.43 Å². The zero-order valence-electron chi connectivity index (χ0n) is 13.2. The molecule has 0 saturated carbocycles. The van der Waals surface area contributed by atoms with Crippen molar-refractivity contribution in [3.8, 4) is 5.75 Å². The van der Waals surface area contributed by atoms with Crippen molar-refractivity contribution in [1.82, 2.24) is 5.43 Å². The van der Waals surface area contributed by atoms with Crippen molar-refractivity contribution in [3.05, 3.63) is 65.7 Å². The molecule has 0 aliphatic rings. The number of carbonyl (C=O) groups excluding carboxylic acids is 1. The Bertz CT molecular complexity index is 669. The standard InChI is InChI=1S/C18H20N2O2S/c1-13(16-8-10-17(21)11-9-16)19-20-18(22)14(2)23-12-15-6-4-3-5-7-15/h3-11,14,21H,12H2,1-2H3,(H,20,22)/b19-13-/t14-/m0/s1. The lowest BCUT2D eigenvalue weighted by Crippen LogP contribution is -2.27. The minimum atomic E-state index is -0.188. The first-order valence-corrected chi connectivity index (χ1v) is 8.40. The number of hydrogen-bond acceptors (Lipinski definition) is 4. The maximum atomic E-state index is 12.1. The first kappa shape index (κ1) is 17.1. The summed E-state index contributed by atoms with van der Waals surface area (Å²) in [7, 11) is 0. The van der Waals surface area contributed by atoms with Crippen molar-refractivity contribution < 1.29 is 9.90 Å². The lowest BCUT2D eigenvalue weighted by atomic mass is 10.1. The van der Waals surface area contributed by atoms with Crippen LogP contribution in [0, 0.1) is 0 Å². The number of carbonyl (C=O) groups is 1. The summed E-state index contributed by atoms with van der Waals surface area (Å²) in [5, 5.41) is 13.2. The van der Waals surface area contributed by atoms with Gasteiger partial charge in [-0.05, 0) is 49.2 Å². The molecular weight excluding hydrogens is 308 g/mol. The van der Waals surface area contributed by atoms with Gasteiger partial charge < -0.3 is 5.11 Å². The van der Waals surface area contributed by atoms with E-state index in [1.807, 2.05) is 44.2 Å². The highest BCUT2D eigenvalue weighted by Gasteiger charge is 2.13. The molecule has 2 aromatic rings. The van der Waals surface area contributed by atoms with Crippen molar-refractivity contribution in [2.75, 3.05) is 0 Å². The lowest BCUT2D eigenvalue weighted by molar-refractivity contribution is -0.120. The Balaban J connectivity index is 1.85. The number of nitrogens with one attached hydrogen (secondary N) is 1. The van der Waals surface area contributed by atoms with Gasteiger partial charge >= 0.3 is 0 Å². The van der Waals surface area contributed by atoms with E-state index >= 15 is 0 Å². The lowest BCUT2D eigenvalue weighted by Gasteiger charge is -2.10. The van der Waals surface area contributed by atoms with Crippen molar-refractivity contribution in [2.45, 2.75) is 24.9 Å². The summed E-state index contributed by atoms with van der Waals surface area (Å²) in [6.45, 7) is 3.68. The van der Waals surface area contributed by atoms with E-state index in [1.54, 1.807) is 36.0 Å². The zero-order chi connectivity index (χ0) is 16.7. The molecule has 1 atom stereocenters. The van der Waals surface area contributed by atoms with E-state index in [4.69, 9.17) is 0 Å². The topological polar surface area (TPSA) is 61.7 Å². The zero-order valence-corrected chi connectivity index (χ0v) is 14.0. The van der Waals surface area contributed by atoms with E-state index in [2.05, 4.69) is 10.5 Å². The number of rotatable bonds is 6. The number of thioether (sulfide) groups is 1. The van der Waals surface area contributed by atoms with Crippen LogP contribution in [0.4, 0.5) is 0 Å². The summed E-state index contributed by atoms with van der Waals surface area (Å²) in [6.07, 6.45) is 0. The first-order chi connectivity index (χ1) is 11.1. The van der Waals surface area contributed by atoms with Gasteiger partial charge in [-0.3, -0.25) is 4.79 Å². The highest BCUT2D eigenvalue weighted by atomic mass is 32.2. The van der Waals surface area contributed by atoms with Gasteiger partial charge in [0, 0.05) is 5.75 Å². The quantitative estimate of drug-likeness (QED) is 0.629. The number of phenolic OH excluding ortho intramolecular Hbond substituents is 1. The number of hydrogen-bond donors (Lipinski definition) is 2. The summed E-state index contributed by atoms with van der Waals surface area (Å²) >= 11 is 1.57. The normalized spacial score (nSPS) is 12.7. The van der Waals surface area contributed by atoms with Gasteiger partial charge in [0.05, 0.1) is 11.0 Å². The van der Waals surface area contributed by atoms with Gasteiger partial charge in [0.25, 0.3) is 5.91 Å². The maximum Gasteiger partial charge on any atom is 0.252 e. The van der Waals surface area contributed by atoms with Gasteiger partial charge in [-0.25, -0.2) is 5.43 Å². The fraction of sp³-hybridized carbons (Fsp3) is 0.222. The van der Waals surface area contributed by atoms with Crippen LogP contribution >= 0.6 is 11.8 Å². The van der Waals surface area contributed by atoms with Crippen LogP contribution in [0.3, 0.4) is 0 Å². The van der Waals surface area contributed by atoms with Gasteiger partial charge in [0.15, 0.2) is 0 Å². The van der Waals surface area contributed by atoms with E-state index in [-0.39, 0.29) is 16.9 Å². The monoisotopic (exact) mass is 328 g/mol. The fourth-order valence-corrected chi connectivity index (χ4v) is 2.71. The van der Waals surface area contributed by atoms with E-state index in [0.29, 0.717) is 5.71 Å². The number of nitrogens with zero attached hydrogens (tertiary/aromatic N) is 1. The molecule has 5 heteroatoms. The van der Waals surface area contributed by atoms with Crippen LogP contribution in [0.2, 0.25) is 0 Å². The Morgan fingerprint density at radius 2 is 1.83 bits per heavy atom. The van der Waals surface area contributed by atoms with Crippen molar-refractivity contribution in [1.29, 1.82) is 0 Å². The molecule has 0 unspecified atom stereocenters. The molecule has 0 fully saturated rings. The van der Waals surface area contributed by atoms with Crippen molar-refractivity contribution in [2.24, 2.45) is 5.10 Å². The highest BCUT2D eigenvalue weighted by Crippen LogP contribution is 2.17. The van der Waals surface area contributed by atoms with Gasteiger partial charge in [0.2, 0.25) is 0 Å². The Labute approximate surface area is 140 Å². The predicted octanol–water partition coefficient (Wildman–Crippen LogP) is 3.55. The van der Waals surface area contributed by atoms with Crippen LogP contribution in [0.1, 0.15) is 25.0 Å². The predicted molar refractivity (Wildman–Crippen MR) is 95.7 cm³/mol. The second kappa shape index (κ2) is 8.39. The molecule has 2 N–H and O–H groups in total. The third-order valence-electron chi connectivity index (χ3n) is 3.33. The molecule has 0 spiro atoms. The third kappa shape index (κ3) is 5.45. The fourth-order valence-electron chi connectivity index (χ4n) is 1.87. The van der Waals surface area contributed by atoms with Gasteiger partial charge in [-0.2, -0.15) is 5.10 Å². The molecule has 0 aromatic heterocycles. The summed E-state index contributed by atoms with van der Waals surface area (Å²) < 4.78 is 0. The Kier molecular flexibility index (Phi) is 6.23. The summed E-state index contributed by atoms with van der Waals surface area (Å²) in [6, 6.07) is 16.8. The number of aromatic hydroxyl groups is 1. The number of amides is 1. The molecule has 0 aliphatic heterocycles. The summed E-state index contributed by atoms with van der Waals surface area (Å²) in [5.41, 5.74) is 5.34. The van der Waals surface area contributed by atoms with Crippen LogP contribution in [-0.2, 0) is 10.5 Å². The van der Waals surface area contributed by atoms with Gasteiger partial charge in [0.1, 0.15) is 5.75 Å². The molecule has 120 valence electrons. The summed E-state index contributed by atoms with van der Waals surface area (Å²) in [4.78, 5) is 12.1. The first-order valence-electron chi connectivity index (χ1n) is 7.35. The van der Waals surface area contributed by atoms with Crippen LogP contribution in [-0.4, -0.2) is 22.0 Å².